The number of aryl methyl sites for hydroxylation is 1. The Bertz CT molecular complexity index is 436. The minimum absolute atomic E-state index is 0.156. The van der Waals surface area contributed by atoms with Crippen molar-refractivity contribution in [3.8, 4) is 0 Å². The largest absolute Gasteiger partial charge is 0.360 e. The van der Waals surface area contributed by atoms with Crippen molar-refractivity contribution in [3.05, 3.63) is 17.5 Å². The van der Waals surface area contributed by atoms with Crippen molar-refractivity contribution < 1.29 is 9.32 Å². The Hall–Kier alpha value is -1.36. The third kappa shape index (κ3) is 3.82. The molecule has 1 aromatic rings. The van der Waals surface area contributed by atoms with Gasteiger partial charge in [0.05, 0.1) is 12.2 Å². The van der Waals surface area contributed by atoms with Crippen LogP contribution in [0.5, 0.6) is 0 Å². The molecule has 1 aliphatic heterocycles. The normalized spacial score (nSPS) is 18.2. The summed E-state index contributed by atoms with van der Waals surface area (Å²) in [6.07, 6.45) is 2.05. The van der Waals surface area contributed by atoms with Crippen LogP contribution in [-0.4, -0.2) is 47.0 Å². The van der Waals surface area contributed by atoms with Gasteiger partial charge < -0.3 is 9.42 Å². The third-order valence-electron chi connectivity index (χ3n) is 3.88. The standard InChI is InChI=1S/C15H25N3O2/c1-4-5-12(2)15(19)18-8-6-17(7-9-18)11-14-10-13(3)16-20-14/h10,12H,4-9,11H2,1-3H3. The molecule has 5 nitrogen and oxygen atoms in total. The maximum Gasteiger partial charge on any atom is 0.225 e. The molecule has 0 radical (unpaired) electrons. The van der Waals surface area contributed by atoms with Crippen molar-refractivity contribution in [2.24, 2.45) is 5.92 Å². The summed E-state index contributed by atoms with van der Waals surface area (Å²) >= 11 is 0. The average molecular weight is 279 g/mol. The lowest BCUT2D eigenvalue weighted by molar-refractivity contribution is -0.137. The molecule has 1 saturated heterocycles. The molecule has 0 aromatic carbocycles. The molecule has 1 aromatic heterocycles. The lowest BCUT2D eigenvalue weighted by Crippen LogP contribution is -2.49. The molecule has 0 spiro atoms. The Morgan fingerprint density at radius 1 is 1.40 bits per heavy atom. The average Bonchev–Trinajstić information content (AvgIpc) is 2.84. The van der Waals surface area contributed by atoms with E-state index in [0.717, 1.165) is 57.0 Å². The van der Waals surface area contributed by atoms with Crippen LogP contribution in [0.4, 0.5) is 0 Å². The van der Waals surface area contributed by atoms with Gasteiger partial charge in [-0.3, -0.25) is 9.69 Å². The molecule has 0 bridgehead atoms. The van der Waals surface area contributed by atoms with E-state index in [1.807, 2.05) is 24.8 Å². The number of amides is 1. The molecule has 112 valence electrons. The molecule has 1 amide bonds. The van der Waals surface area contributed by atoms with Gasteiger partial charge >= 0.3 is 0 Å². The lowest BCUT2D eigenvalue weighted by Gasteiger charge is -2.35. The van der Waals surface area contributed by atoms with Gasteiger partial charge in [0.2, 0.25) is 5.91 Å². The second-order valence-corrected chi connectivity index (χ2v) is 5.73. The molecule has 0 aliphatic carbocycles. The molecule has 1 unspecified atom stereocenters. The van der Waals surface area contributed by atoms with Crippen LogP contribution in [0.15, 0.2) is 10.6 Å². The minimum Gasteiger partial charge on any atom is -0.360 e. The molecule has 1 aliphatic rings. The molecule has 5 heteroatoms. The van der Waals surface area contributed by atoms with Gasteiger partial charge in [0.25, 0.3) is 0 Å². The van der Waals surface area contributed by atoms with Gasteiger partial charge in [-0.05, 0) is 13.3 Å². The van der Waals surface area contributed by atoms with Crippen molar-refractivity contribution >= 4 is 5.91 Å². The SMILES string of the molecule is CCCC(C)C(=O)N1CCN(Cc2cc(C)no2)CC1. The molecule has 0 N–H and O–H groups in total. The fraction of sp³-hybridized carbons (Fsp3) is 0.733. The Kier molecular flexibility index (Phi) is 5.17. The zero-order valence-corrected chi connectivity index (χ0v) is 12.8. The van der Waals surface area contributed by atoms with E-state index in [-0.39, 0.29) is 5.92 Å². The second-order valence-electron chi connectivity index (χ2n) is 5.73. The first-order valence-corrected chi connectivity index (χ1v) is 7.53. The van der Waals surface area contributed by atoms with E-state index in [1.54, 1.807) is 0 Å². The molecular formula is C15H25N3O2. The van der Waals surface area contributed by atoms with Crippen LogP contribution >= 0.6 is 0 Å². The number of hydrogen-bond donors (Lipinski definition) is 0. The first-order chi connectivity index (χ1) is 9.60. The van der Waals surface area contributed by atoms with Gasteiger partial charge in [0, 0.05) is 38.2 Å². The lowest BCUT2D eigenvalue weighted by atomic mass is 10.0. The van der Waals surface area contributed by atoms with Crippen molar-refractivity contribution in [1.29, 1.82) is 0 Å². The minimum atomic E-state index is 0.156. The maximum atomic E-state index is 12.2. The summed E-state index contributed by atoms with van der Waals surface area (Å²) in [6.45, 7) is 10.3. The summed E-state index contributed by atoms with van der Waals surface area (Å²) in [5.74, 6) is 1.37. The number of piperazine rings is 1. The van der Waals surface area contributed by atoms with E-state index in [9.17, 15) is 4.79 Å². The molecule has 1 atom stereocenters. The number of nitrogens with zero attached hydrogens (tertiary/aromatic N) is 3. The van der Waals surface area contributed by atoms with Gasteiger partial charge in [-0.2, -0.15) is 0 Å². The predicted octanol–water partition coefficient (Wildman–Crippen LogP) is 2.06. The van der Waals surface area contributed by atoms with E-state index in [0.29, 0.717) is 5.91 Å². The summed E-state index contributed by atoms with van der Waals surface area (Å²) in [6, 6.07) is 1.97. The molecule has 2 rings (SSSR count). The van der Waals surface area contributed by atoms with E-state index in [4.69, 9.17) is 4.52 Å². The molecule has 2 heterocycles. The zero-order chi connectivity index (χ0) is 14.5. The Balaban J connectivity index is 1.78. The first kappa shape index (κ1) is 15.0. The van der Waals surface area contributed by atoms with Crippen LogP contribution in [0.3, 0.4) is 0 Å². The monoisotopic (exact) mass is 279 g/mol. The highest BCUT2D eigenvalue weighted by Crippen LogP contribution is 2.14. The zero-order valence-electron chi connectivity index (χ0n) is 12.8. The summed E-state index contributed by atoms with van der Waals surface area (Å²) in [5, 5.41) is 3.90. The maximum absolute atomic E-state index is 12.2. The highest BCUT2D eigenvalue weighted by atomic mass is 16.5. The van der Waals surface area contributed by atoms with Crippen LogP contribution in [0.25, 0.3) is 0 Å². The van der Waals surface area contributed by atoms with Crippen LogP contribution in [0.2, 0.25) is 0 Å². The van der Waals surface area contributed by atoms with Crippen molar-refractivity contribution in [2.75, 3.05) is 26.2 Å². The molecule has 20 heavy (non-hydrogen) atoms. The number of carbonyl (C=O) groups is 1. The van der Waals surface area contributed by atoms with Crippen LogP contribution in [-0.2, 0) is 11.3 Å². The van der Waals surface area contributed by atoms with Gasteiger partial charge in [-0.25, -0.2) is 0 Å². The van der Waals surface area contributed by atoms with E-state index in [1.165, 1.54) is 0 Å². The molecular weight excluding hydrogens is 254 g/mol. The summed E-state index contributed by atoms with van der Waals surface area (Å²) in [5.41, 5.74) is 0.919. The highest BCUT2D eigenvalue weighted by Gasteiger charge is 2.24. The first-order valence-electron chi connectivity index (χ1n) is 7.53. The van der Waals surface area contributed by atoms with Crippen molar-refractivity contribution in [1.82, 2.24) is 15.0 Å². The van der Waals surface area contributed by atoms with Crippen LogP contribution < -0.4 is 0 Å². The number of hydrogen-bond acceptors (Lipinski definition) is 4. The molecule has 0 saturated carbocycles. The smallest absolute Gasteiger partial charge is 0.225 e. The summed E-state index contributed by atoms with van der Waals surface area (Å²) in [4.78, 5) is 16.6. The van der Waals surface area contributed by atoms with Gasteiger partial charge in [-0.15, -0.1) is 0 Å². The number of carbonyl (C=O) groups excluding carboxylic acids is 1. The Morgan fingerprint density at radius 2 is 2.10 bits per heavy atom. The third-order valence-corrected chi connectivity index (χ3v) is 3.88. The van der Waals surface area contributed by atoms with Crippen LogP contribution in [0.1, 0.15) is 38.1 Å². The number of aromatic nitrogens is 1. The van der Waals surface area contributed by atoms with Gasteiger partial charge in [0.15, 0.2) is 5.76 Å². The number of rotatable bonds is 5. The van der Waals surface area contributed by atoms with E-state index >= 15 is 0 Å². The topological polar surface area (TPSA) is 49.6 Å². The van der Waals surface area contributed by atoms with Gasteiger partial charge in [-0.1, -0.05) is 25.4 Å². The second kappa shape index (κ2) is 6.88. The summed E-state index contributed by atoms with van der Waals surface area (Å²) < 4.78 is 5.24. The van der Waals surface area contributed by atoms with E-state index in [2.05, 4.69) is 17.0 Å². The van der Waals surface area contributed by atoms with E-state index < -0.39 is 0 Å². The van der Waals surface area contributed by atoms with Crippen LogP contribution in [0, 0.1) is 12.8 Å². The summed E-state index contributed by atoms with van der Waals surface area (Å²) in [7, 11) is 0. The Labute approximate surface area is 120 Å². The van der Waals surface area contributed by atoms with Gasteiger partial charge in [0.1, 0.15) is 0 Å². The van der Waals surface area contributed by atoms with Crippen molar-refractivity contribution in [2.45, 2.75) is 40.2 Å². The fourth-order valence-corrected chi connectivity index (χ4v) is 2.71. The quantitative estimate of drug-likeness (QED) is 0.828. The predicted molar refractivity (Wildman–Crippen MR) is 77.2 cm³/mol. The highest BCUT2D eigenvalue weighted by molar-refractivity contribution is 5.78. The Morgan fingerprint density at radius 3 is 2.65 bits per heavy atom. The fourth-order valence-electron chi connectivity index (χ4n) is 2.71. The van der Waals surface area contributed by atoms with Crippen molar-refractivity contribution in [3.63, 3.8) is 0 Å². The molecule has 1 fully saturated rings.